The molecular weight excluding hydrogens is 282 g/mol. The van der Waals surface area contributed by atoms with Crippen LogP contribution in [-0.4, -0.2) is 10.2 Å². The Bertz CT molecular complexity index is 755. The number of nitrogen functional groups attached to an aromatic ring is 1. The number of hydrogen-bond donors (Lipinski definition) is 1. The van der Waals surface area contributed by atoms with Crippen LogP contribution in [0.1, 0.15) is 11.5 Å². The first kappa shape index (κ1) is 13.7. The number of rotatable bonds is 4. The first-order valence-corrected chi connectivity index (χ1v) is 7.57. The Balaban J connectivity index is 1.71. The molecule has 106 valence electrons. The number of hydrogen-bond acceptors (Lipinski definition) is 5. The highest BCUT2D eigenvalue weighted by Crippen LogP contribution is 2.25. The van der Waals surface area contributed by atoms with Gasteiger partial charge in [-0.05, 0) is 37.3 Å². The summed E-state index contributed by atoms with van der Waals surface area (Å²) in [5, 5.41) is 8.19. The first-order valence-electron chi connectivity index (χ1n) is 6.58. The fourth-order valence-electron chi connectivity index (χ4n) is 1.96. The molecule has 0 aliphatic rings. The highest BCUT2D eigenvalue weighted by Gasteiger charge is 2.09. The molecule has 0 spiro atoms. The average Bonchev–Trinajstić information content (AvgIpc) is 2.94. The van der Waals surface area contributed by atoms with E-state index in [0.29, 0.717) is 17.5 Å². The van der Waals surface area contributed by atoms with E-state index in [2.05, 4.69) is 10.2 Å². The van der Waals surface area contributed by atoms with Crippen molar-refractivity contribution in [3.05, 3.63) is 60.0 Å². The number of anilines is 1. The van der Waals surface area contributed by atoms with Crippen molar-refractivity contribution in [3.8, 4) is 11.5 Å². The number of thioether (sulfide) groups is 1. The molecule has 4 nitrogen and oxygen atoms in total. The average molecular weight is 297 g/mol. The molecule has 1 aromatic heterocycles. The van der Waals surface area contributed by atoms with Crippen molar-refractivity contribution in [3.63, 3.8) is 0 Å². The van der Waals surface area contributed by atoms with Gasteiger partial charge in [0.15, 0.2) is 0 Å². The lowest BCUT2D eigenvalue weighted by Crippen LogP contribution is -1.84. The maximum atomic E-state index is 5.76. The molecule has 0 radical (unpaired) electrons. The summed E-state index contributed by atoms with van der Waals surface area (Å²) in [6.07, 6.45) is 0. The number of nitrogens with zero attached hydrogens (tertiary/aromatic N) is 2. The maximum absolute atomic E-state index is 5.76. The molecular formula is C16H15N3OS. The van der Waals surface area contributed by atoms with E-state index in [4.69, 9.17) is 10.2 Å². The van der Waals surface area contributed by atoms with Crippen LogP contribution in [0, 0.1) is 6.92 Å². The van der Waals surface area contributed by atoms with Crippen molar-refractivity contribution in [2.24, 2.45) is 0 Å². The van der Waals surface area contributed by atoms with Crippen LogP contribution in [0.3, 0.4) is 0 Å². The molecule has 0 fully saturated rings. The van der Waals surface area contributed by atoms with Gasteiger partial charge in [0.25, 0.3) is 0 Å². The van der Waals surface area contributed by atoms with Gasteiger partial charge in [-0.2, -0.15) is 0 Å². The number of aromatic nitrogens is 2. The molecule has 1 heterocycles. The summed E-state index contributed by atoms with van der Waals surface area (Å²) in [4.78, 5) is 1.09. The topological polar surface area (TPSA) is 64.9 Å². The second-order valence-corrected chi connectivity index (χ2v) is 5.78. The van der Waals surface area contributed by atoms with Gasteiger partial charge in [0, 0.05) is 16.1 Å². The van der Waals surface area contributed by atoms with Crippen molar-refractivity contribution < 1.29 is 4.42 Å². The minimum atomic E-state index is 0.557. The third-order valence-corrected chi connectivity index (χ3v) is 3.93. The molecule has 0 saturated heterocycles. The molecule has 21 heavy (non-hydrogen) atoms. The Morgan fingerprint density at radius 1 is 1.10 bits per heavy atom. The van der Waals surface area contributed by atoms with Crippen molar-refractivity contribution in [1.29, 1.82) is 0 Å². The molecule has 0 amide bonds. The molecule has 5 heteroatoms. The third kappa shape index (κ3) is 3.44. The van der Waals surface area contributed by atoms with Gasteiger partial charge in [0.1, 0.15) is 0 Å². The fourth-order valence-corrected chi connectivity index (χ4v) is 2.76. The Morgan fingerprint density at radius 3 is 2.76 bits per heavy atom. The number of benzene rings is 2. The van der Waals surface area contributed by atoms with Crippen LogP contribution >= 0.6 is 11.8 Å². The molecule has 2 N–H and O–H groups in total. The van der Waals surface area contributed by atoms with Gasteiger partial charge in [0.05, 0.1) is 5.75 Å². The Kier molecular flexibility index (Phi) is 3.92. The molecule has 0 saturated carbocycles. The van der Waals surface area contributed by atoms with E-state index in [9.17, 15) is 0 Å². The van der Waals surface area contributed by atoms with Crippen LogP contribution in [0.2, 0.25) is 0 Å². The Hall–Kier alpha value is -2.27. The minimum Gasteiger partial charge on any atom is -0.420 e. The van der Waals surface area contributed by atoms with Crippen LogP contribution in [0.4, 0.5) is 5.69 Å². The highest BCUT2D eigenvalue weighted by molar-refractivity contribution is 7.98. The molecule has 0 aliphatic carbocycles. The zero-order valence-corrected chi connectivity index (χ0v) is 12.4. The predicted molar refractivity (Wildman–Crippen MR) is 84.9 cm³/mol. The highest BCUT2D eigenvalue weighted by atomic mass is 32.2. The van der Waals surface area contributed by atoms with E-state index in [1.807, 2.05) is 55.5 Å². The third-order valence-electron chi connectivity index (χ3n) is 2.95. The second kappa shape index (κ2) is 6.01. The lowest BCUT2D eigenvalue weighted by Gasteiger charge is -1.99. The van der Waals surface area contributed by atoms with Crippen molar-refractivity contribution >= 4 is 17.4 Å². The van der Waals surface area contributed by atoms with Gasteiger partial charge in [0.2, 0.25) is 11.8 Å². The van der Waals surface area contributed by atoms with Crippen LogP contribution in [0.15, 0.2) is 57.8 Å². The Labute approximate surface area is 127 Å². The first-order chi connectivity index (χ1) is 10.2. The van der Waals surface area contributed by atoms with Gasteiger partial charge >= 0.3 is 0 Å². The monoisotopic (exact) mass is 297 g/mol. The van der Waals surface area contributed by atoms with Crippen LogP contribution < -0.4 is 5.73 Å². The quantitative estimate of drug-likeness (QED) is 0.584. The van der Waals surface area contributed by atoms with Gasteiger partial charge < -0.3 is 10.2 Å². The summed E-state index contributed by atoms with van der Waals surface area (Å²) in [6, 6.07) is 15.8. The maximum Gasteiger partial charge on any atom is 0.247 e. The smallest absolute Gasteiger partial charge is 0.247 e. The summed E-state index contributed by atoms with van der Waals surface area (Å²) in [6.45, 7) is 2.04. The van der Waals surface area contributed by atoms with Crippen LogP contribution in [0.5, 0.6) is 0 Å². The van der Waals surface area contributed by atoms with E-state index in [0.717, 1.165) is 16.1 Å². The molecule has 0 atom stereocenters. The summed E-state index contributed by atoms with van der Waals surface area (Å²) >= 11 is 1.62. The molecule has 3 aromatic rings. The van der Waals surface area contributed by atoms with Gasteiger partial charge in [-0.1, -0.05) is 23.8 Å². The van der Waals surface area contributed by atoms with E-state index >= 15 is 0 Å². The lowest BCUT2D eigenvalue weighted by atomic mass is 10.1. The number of nitrogens with two attached hydrogens (primary N) is 1. The summed E-state index contributed by atoms with van der Waals surface area (Å²) in [7, 11) is 0. The zero-order valence-electron chi connectivity index (χ0n) is 11.6. The van der Waals surface area contributed by atoms with Crippen molar-refractivity contribution in [2.45, 2.75) is 17.6 Å². The van der Waals surface area contributed by atoms with Crippen LogP contribution in [-0.2, 0) is 5.75 Å². The molecule has 2 aromatic carbocycles. The minimum absolute atomic E-state index is 0.557. The summed E-state index contributed by atoms with van der Waals surface area (Å²) in [5.74, 6) is 1.79. The standard InChI is InChI=1S/C16H15N3OS/c1-11-4-2-5-12(8-11)16-19-18-15(20-16)10-21-14-7-3-6-13(17)9-14/h2-9H,10,17H2,1H3. The zero-order chi connectivity index (χ0) is 14.7. The van der Waals surface area contributed by atoms with E-state index in [1.165, 1.54) is 5.56 Å². The largest absolute Gasteiger partial charge is 0.420 e. The summed E-state index contributed by atoms with van der Waals surface area (Å²) < 4.78 is 5.70. The predicted octanol–water partition coefficient (Wildman–Crippen LogP) is 3.92. The van der Waals surface area contributed by atoms with Gasteiger partial charge in [-0.25, -0.2) is 0 Å². The molecule has 0 aliphatic heterocycles. The summed E-state index contributed by atoms with van der Waals surface area (Å²) in [5.41, 5.74) is 8.63. The molecule has 0 unspecified atom stereocenters. The lowest BCUT2D eigenvalue weighted by molar-refractivity contribution is 0.528. The normalized spacial score (nSPS) is 10.7. The van der Waals surface area contributed by atoms with Gasteiger partial charge in [-0.3, -0.25) is 0 Å². The van der Waals surface area contributed by atoms with Crippen LogP contribution in [0.25, 0.3) is 11.5 Å². The number of aryl methyl sites for hydroxylation is 1. The van der Waals surface area contributed by atoms with Crippen molar-refractivity contribution in [2.75, 3.05) is 5.73 Å². The second-order valence-electron chi connectivity index (χ2n) is 4.73. The van der Waals surface area contributed by atoms with Gasteiger partial charge in [-0.15, -0.1) is 22.0 Å². The van der Waals surface area contributed by atoms with Crippen molar-refractivity contribution in [1.82, 2.24) is 10.2 Å². The van der Waals surface area contributed by atoms with E-state index < -0.39 is 0 Å². The van der Waals surface area contributed by atoms with E-state index in [1.54, 1.807) is 11.8 Å². The molecule has 3 rings (SSSR count). The molecule has 0 bridgehead atoms. The Morgan fingerprint density at radius 2 is 1.95 bits per heavy atom. The van der Waals surface area contributed by atoms with E-state index in [-0.39, 0.29) is 0 Å². The SMILES string of the molecule is Cc1cccc(-c2nnc(CSc3cccc(N)c3)o2)c1. The fraction of sp³-hybridized carbons (Fsp3) is 0.125.